The molecule has 0 fully saturated rings. The minimum absolute atomic E-state index is 0.0832. The Bertz CT molecular complexity index is 1370. The average molecular weight is 434 g/mol. The van der Waals surface area contributed by atoms with Crippen LogP contribution in [-0.2, 0) is 6.54 Å². The second-order valence-electron chi connectivity index (χ2n) is 6.93. The Hall–Kier alpha value is -3.98. The molecule has 0 unspecified atom stereocenters. The number of phenols is 2. The quantitative estimate of drug-likeness (QED) is 0.277. The summed E-state index contributed by atoms with van der Waals surface area (Å²) in [6.45, 7) is 2.63. The minimum atomic E-state index is -0.731. The van der Waals surface area contributed by atoms with Crippen LogP contribution in [0.25, 0.3) is 10.2 Å². The normalized spacial score (nSPS) is 12.1. The summed E-state index contributed by atoms with van der Waals surface area (Å²) in [5.41, 5.74) is 2.84. The molecule has 4 aromatic rings. The predicted molar refractivity (Wildman–Crippen MR) is 120 cm³/mol. The minimum Gasteiger partial charge on any atom is -0.507 e. The summed E-state index contributed by atoms with van der Waals surface area (Å²) in [6, 6.07) is 18.1. The van der Waals surface area contributed by atoms with E-state index >= 15 is 0 Å². The molecule has 0 aliphatic rings. The molecule has 1 aromatic heterocycles. The van der Waals surface area contributed by atoms with Crippen molar-refractivity contribution in [3.05, 3.63) is 92.3 Å². The van der Waals surface area contributed by atoms with Gasteiger partial charge in [0.1, 0.15) is 5.75 Å². The first-order valence-corrected chi connectivity index (χ1v) is 10.2. The van der Waals surface area contributed by atoms with Gasteiger partial charge >= 0.3 is 5.69 Å². The molecule has 0 aliphatic heterocycles. The SMILES string of the molecule is Cc1ccc2c(c1)sc(=NN=Cc1cc([N+](=O)[O-])c(O)cc1O)n2Cc1ccccc1. The predicted octanol–water partition coefficient (Wildman–Crippen LogP) is 4.31. The summed E-state index contributed by atoms with van der Waals surface area (Å²) < 4.78 is 3.11. The molecule has 4 rings (SSSR count). The van der Waals surface area contributed by atoms with Crippen LogP contribution in [0.15, 0.2) is 70.9 Å². The van der Waals surface area contributed by atoms with E-state index in [0.29, 0.717) is 11.3 Å². The van der Waals surface area contributed by atoms with E-state index in [9.17, 15) is 20.3 Å². The Morgan fingerprint density at radius 2 is 1.87 bits per heavy atom. The maximum absolute atomic E-state index is 11.0. The highest BCUT2D eigenvalue weighted by molar-refractivity contribution is 7.16. The first-order valence-electron chi connectivity index (χ1n) is 9.34. The molecule has 2 N–H and O–H groups in total. The van der Waals surface area contributed by atoms with E-state index in [1.54, 1.807) is 0 Å². The van der Waals surface area contributed by atoms with Crippen LogP contribution in [0.2, 0.25) is 0 Å². The van der Waals surface area contributed by atoms with Gasteiger partial charge in [-0.3, -0.25) is 10.1 Å². The number of thiazole rings is 1. The van der Waals surface area contributed by atoms with Gasteiger partial charge in [-0.1, -0.05) is 47.7 Å². The van der Waals surface area contributed by atoms with Gasteiger partial charge in [0.2, 0.25) is 4.80 Å². The topological polar surface area (TPSA) is 113 Å². The average Bonchev–Trinajstić information content (AvgIpc) is 3.06. The third-order valence-corrected chi connectivity index (χ3v) is 5.71. The lowest BCUT2D eigenvalue weighted by Gasteiger charge is -2.05. The summed E-state index contributed by atoms with van der Waals surface area (Å²) in [4.78, 5) is 10.9. The summed E-state index contributed by atoms with van der Waals surface area (Å²) >= 11 is 1.48. The number of fused-ring (bicyclic) bond motifs is 1. The zero-order chi connectivity index (χ0) is 22.0. The van der Waals surface area contributed by atoms with Crippen LogP contribution in [0.5, 0.6) is 11.5 Å². The van der Waals surface area contributed by atoms with E-state index in [2.05, 4.69) is 16.3 Å². The van der Waals surface area contributed by atoms with Gasteiger partial charge in [0.25, 0.3) is 0 Å². The molecule has 156 valence electrons. The Balaban J connectivity index is 1.78. The van der Waals surface area contributed by atoms with Gasteiger partial charge in [-0.05, 0) is 30.2 Å². The molecule has 0 saturated carbocycles. The van der Waals surface area contributed by atoms with Crippen molar-refractivity contribution in [1.82, 2.24) is 4.57 Å². The van der Waals surface area contributed by atoms with Crippen molar-refractivity contribution >= 4 is 33.5 Å². The zero-order valence-electron chi connectivity index (χ0n) is 16.5. The van der Waals surface area contributed by atoms with E-state index in [0.717, 1.165) is 33.5 Å². The maximum atomic E-state index is 11.0. The second-order valence-corrected chi connectivity index (χ2v) is 7.94. The Kier molecular flexibility index (Phi) is 5.50. The molecule has 0 aliphatic carbocycles. The van der Waals surface area contributed by atoms with Gasteiger partial charge in [-0.15, -0.1) is 5.10 Å². The van der Waals surface area contributed by atoms with Crippen LogP contribution in [-0.4, -0.2) is 25.9 Å². The zero-order valence-corrected chi connectivity index (χ0v) is 17.3. The van der Waals surface area contributed by atoms with Gasteiger partial charge in [0, 0.05) is 17.7 Å². The Morgan fingerprint density at radius 1 is 1.10 bits per heavy atom. The fourth-order valence-electron chi connectivity index (χ4n) is 3.15. The Labute approximate surface area is 180 Å². The van der Waals surface area contributed by atoms with Crippen molar-refractivity contribution < 1.29 is 15.1 Å². The smallest absolute Gasteiger partial charge is 0.311 e. The van der Waals surface area contributed by atoms with Crippen molar-refractivity contribution in [2.75, 3.05) is 0 Å². The van der Waals surface area contributed by atoms with Crippen LogP contribution < -0.4 is 4.80 Å². The molecule has 0 amide bonds. The number of rotatable bonds is 5. The third-order valence-electron chi connectivity index (χ3n) is 4.68. The van der Waals surface area contributed by atoms with Crippen molar-refractivity contribution in [2.45, 2.75) is 13.5 Å². The fourth-order valence-corrected chi connectivity index (χ4v) is 4.23. The number of hydrogen-bond donors (Lipinski definition) is 2. The van der Waals surface area contributed by atoms with Crippen molar-refractivity contribution in [2.24, 2.45) is 10.2 Å². The summed E-state index contributed by atoms with van der Waals surface area (Å²) in [7, 11) is 0. The van der Waals surface area contributed by atoms with E-state index in [1.165, 1.54) is 17.6 Å². The first kappa shape index (κ1) is 20.3. The fraction of sp³-hybridized carbons (Fsp3) is 0.0909. The van der Waals surface area contributed by atoms with Crippen LogP contribution in [0.4, 0.5) is 5.69 Å². The largest absolute Gasteiger partial charge is 0.507 e. The van der Waals surface area contributed by atoms with Crippen LogP contribution in [0.3, 0.4) is 0 Å². The van der Waals surface area contributed by atoms with Crippen molar-refractivity contribution in [3.63, 3.8) is 0 Å². The van der Waals surface area contributed by atoms with Gasteiger partial charge in [0.05, 0.1) is 27.9 Å². The van der Waals surface area contributed by atoms with Crippen molar-refractivity contribution in [3.8, 4) is 11.5 Å². The molecule has 0 bridgehead atoms. The first-order chi connectivity index (χ1) is 14.9. The number of phenolic OH excluding ortho intramolecular Hbond substituents is 2. The standard InChI is InChI=1S/C22H18N4O4S/c1-14-7-8-17-21(9-14)31-22(25(17)13-15-5-3-2-4-6-15)24-23-12-16-10-18(26(29)30)20(28)11-19(16)27/h2-12,27-28H,13H2,1H3. The number of nitrogens with zero attached hydrogens (tertiary/aromatic N) is 4. The monoisotopic (exact) mass is 434 g/mol. The van der Waals surface area contributed by atoms with E-state index in [4.69, 9.17) is 0 Å². The highest BCUT2D eigenvalue weighted by Crippen LogP contribution is 2.32. The molecule has 8 nitrogen and oxygen atoms in total. The maximum Gasteiger partial charge on any atom is 0.311 e. The number of hydrogen-bond acceptors (Lipinski definition) is 7. The number of nitro benzene ring substituents is 1. The van der Waals surface area contributed by atoms with Crippen LogP contribution >= 0.6 is 11.3 Å². The van der Waals surface area contributed by atoms with E-state index in [1.807, 2.05) is 54.0 Å². The van der Waals surface area contributed by atoms with Gasteiger partial charge in [-0.25, -0.2) is 0 Å². The number of benzene rings is 3. The van der Waals surface area contributed by atoms with Crippen LogP contribution in [0, 0.1) is 17.0 Å². The second kappa shape index (κ2) is 8.41. The van der Waals surface area contributed by atoms with Gasteiger partial charge in [0.15, 0.2) is 5.75 Å². The molecule has 3 aromatic carbocycles. The molecule has 0 spiro atoms. The number of aryl methyl sites for hydroxylation is 1. The summed E-state index contributed by atoms with van der Waals surface area (Å²) in [5, 5.41) is 38.9. The highest BCUT2D eigenvalue weighted by atomic mass is 32.1. The van der Waals surface area contributed by atoms with E-state index < -0.39 is 16.4 Å². The lowest BCUT2D eigenvalue weighted by atomic mass is 10.2. The van der Waals surface area contributed by atoms with Crippen LogP contribution in [0.1, 0.15) is 16.7 Å². The Morgan fingerprint density at radius 3 is 2.61 bits per heavy atom. The molecular formula is C22H18N4O4S. The van der Waals surface area contributed by atoms with Crippen molar-refractivity contribution in [1.29, 1.82) is 0 Å². The third kappa shape index (κ3) is 4.31. The number of nitro groups is 1. The lowest BCUT2D eigenvalue weighted by Crippen LogP contribution is -2.15. The molecule has 9 heteroatoms. The lowest BCUT2D eigenvalue weighted by molar-refractivity contribution is -0.385. The van der Waals surface area contributed by atoms with Gasteiger partial charge < -0.3 is 14.8 Å². The summed E-state index contributed by atoms with van der Waals surface area (Å²) in [6.07, 6.45) is 1.23. The number of aromatic hydroxyl groups is 2. The molecular weight excluding hydrogens is 416 g/mol. The highest BCUT2D eigenvalue weighted by Gasteiger charge is 2.16. The number of aromatic nitrogens is 1. The molecule has 1 heterocycles. The molecule has 31 heavy (non-hydrogen) atoms. The molecule has 0 saturated heterocycles. The summed E-state index contributed by atoms with van der Waals surface area (Å²) in [5.74, 6) is -0.941. The van der Waals surface area contributed by atoms with E-state index in [-0.39, 0.29) is 11.3 Å². The van der Waals surface area contributed by atoms with Gasteiger partial charge in [-0.2, -0.15) is 5.10 Å². The molecule has 0 radical (unpaired) electrons. The molecule has 0 atom stereocenters.